The fraction of sp³-hybridized carbons (Fsp3) is 0.127. The molecular weight excluding hydrogens is 856 g/mol. The minimum absolute atomic E-state index is 0.244. The Morgan fingerprint density at radius 1 is 0.464 bits per heavy atom. The number of halogens is 3. The van der Waals surface area contributed by atoms with Crippen LogP contribution in [0.1, 0.15) is 61.1 Å². The number of fused-ring (bicyclic) bond motifs is 14. The van der Waals surface area contributed by atoms with Gasteiger partial charge in [-0.2, -0.15) is 13.2 Å². The summed E-state index contributed by atoms with van der Waals surface area (Å²) in [5.41, 5.74) is 18.9. The quantitative estimate of drug-likeness (QED) is 0.156. The van der Waals surface area contributed by atoms with Crippen LogP contribution in [0.25, 0.3) is 104 Å². The number of nitrogens with zero attached hydrogens (tertiary/aromatic N) is 3. The third-order valence-electron chi connectivity index (χ3n) is 15.5. The second-order valence-electron chi connectivity index (χ2n) is 19.9. The average molecular weight is 900 g/mol. The molecule has 0 aliphatic heterocycles. The van der Waals surface area contributed by atoms with Gasteiger partial charge in [0.25, 0.3) is 0 Å². The molecule has 0 unspecified atom stereocenters. The van der Waals surface area contributed by atoms with Gasteiger partial charge in [-0.05, 0) is 140 Å². The van der Waals surface area contributed by atoms with Gasteiger partial charge in [-0.15, -0.1) is 0 Å². The first kappa shape index (κ1) is 41.1. The molecule has 0 amide bonds. The molecule has 0 saturated heterocycles. The van der Waals surface area contributed by atoms with E-state index in [4.69, 9.17) is 6.57 Å². The Morgan fingerprint density at radius 2 is 1.00 bits per heavy atom. The monoisotopic (exact) mass is 899 g/mol. The third kappa shape index (κ3) is 5.62. The van der Waals surface area contributed by atoms with E-state index in [0.717, 1.165) is 67.0 Å². The zero-order valence-electron chi connectivity index (χ0n) is 38.7. The smallest absolute Gasteiger partial charge is 0.309 e. The largest absolute Gasteiger partial charge is 0.416 e. The fourth-order valence-electron chi connectivity index (χ4n) is 12.5. The second kappa shape index (κ2) is 14.2. The Morgan fingerprint density at radius 3 is 1.58 bits per heavy atom. The summed E-state index contributed by atoms with van der Waals surface area (Å²) in [6.45, 7) is 19.7. The SMILES string of the molecule is [C-]#[N+]c1ccc(-n2c3ccccc3c3c4c(ccc32)-c2ccccc2C4(C)C)cc1-c1cc(-c2ccc(C(F)(F)F)cc2C)ccc1-n1c2ccccc2c2c3c(ccc21)-c1ccccc1C3(C)C. The summed E-state index contributed by atoms with van der Waals surface area (Å²) < 4.78 is 46.7. The molecule has 0 bridgehead atoms. The number of benzene rings is 9. The van der Waals surface area contributed by atoms with E-state index in [1.165, 1.54) is 61.3 Å². The van der Waals surface area contributed by atoms with E-state index < -0.39 is 11.7 Å². The summed E-state index contributed by atoms with van der Waals surface area (Å²) in [5, 5.41) is 4.67. The normalized spacial score (nSPS) is 14.3. The number of hydrogen-bond acceptors (Lipinski definition) is 0. The Balaban J connectivity index is 1.10. The fourth-order valence-corrected chi connectivity index (χ4v) is 12.5. The van der Waals surface area contributed by atoms with Crippen molar-refractivity contribution in [2.75, 3.05) is 0 Å². The first-order valence-electron chi connectivity index (χ1n) is 23.5. The number of hydrogen-bond donors (Lipinski definition) is 0. The summed E-state index contributed by atoms with van der Waals surface area (Å²) in [6.07, 6.45) is -4.47. The lowest BCUT2D eigenvalue weighted by Crippen LogP contribution is -2.15. The lowest BCUT2D eigenvalue weighted by atomic mass is 9.80. The van der Waals surface area contributed by atoms with Crippen molar-refractivity contribution in [3.05, 3.63) is 221 Å². The van der Waals surface area contributed by atoms with Gasteiger partial charge in [0.1, 0.15) is 0 Å². The lowest BCUT2D eigenvalue weighted by molar-refractivity contribution is -0.137. The molecule has 9 aromatic carbocycles. The van der Waals surface area contributed by atoms with Gasteiger partial charge in [0.05, 0.1) is 39.9 Å². The minimum Gasteiger partial charge on any atom is -0.309 e. The van der Waals surface area contributed by atoms with E-state index >= 15 is 0 Å². The molecular formula is C63H44F3N3. The molecule has 0 radical (unpaired) electrons. The third-order valence-corrected chi connectivity index (χ3v) is 15.5. The van der Waals surface area contributed by atoms with Gasteiger partial charge in [-0.25, -0.2) is 4.85 Å². The molecule has 0 saturated carbocycles. The molecule has 6 heteroatoms. The molecule has 11 aromatic rings. The predicted octanol–water partition coefficient (Wildman–Crippen LogP) is 17.7. The van der Waals surface area contributed by atoms with Crippen LogP contribution in [-0.4, -0.2) is 9.13 Å². The summed E-state index contributed by atoms with van der Waals surface area (Å²) in [5.74, 6) is 0. The molecule has 2 aliphatic rings. The van der Waals surface area contributed by atoms with Gasteiger partial charge in [-0.3, -0.25) is 0 Å². The number of rotatable bonds is 4. The van der Waals surface area contributed by atoms with Crippen molar-refractivity contribution in [2.24, 2.45) is 0 Å². The molecule has 2 aromatic heterocycles. The van der Waals surface area contributed by atoms with Crippen molar-refractivity contribution in [3.63, 3.8) is 0 Å². The van der Waals surface area contributed by atoms with E-state index in [2.05, 4.69) is 181 Å². The predicted molar refractivity (Wildman–Crippen MR) is 277 cm³/mol. The molecule has 13 rings (SSSR count). The molecule has 69 heavy (non-hydrogen) atoms. The summed E-state index contributed by atoms with van der Waals surface area (Å²) in [4.78, 5) is 4.18. The van der Waals surface area contributed by atoms with Crippen molar-refractivity contribution in [3.8, 4) is 55.9 Å². The van der Waals surface area contributed by atoms with Crippen LogP contribution in [0, 0.1) is 13.5 Å². The summed E-state index contributed by atoms with van der Waals surface area (Å²) in [6, 6.07) is 59.7. The van der Waals surface area contributed by atoms with Gasteiger partial charge in [0, 0.05) is 38.1 Å². The Hall–Kier alpha value is -8.14. The van der Waals surface area contributed by atoms with Crippen molar-refractivity contribution < 1.29 is 13.2 Å². The first-order valence-corrected chi connectivity index (χ1v) is 23.5. The number of alkyl halides is 3. The highest BCUT2D eigenvalue weighted by Gasteiger charge is 2.40. The number of aromatic nitrogens is 2. The maximum Gasteiger partial charge on any atom is 0.416 e. The van der Waals surface area contributed by atoms with Crippen LogP contribution in [0.3, 0.4) is 0 Å². The van der Waals surface area contributed by atoms with Gasteiger partial charge in [-0.1, -0.05) is 143 Å². The Labute approximate surface area is 398 Å². The molecule has 0 N–H and O–H groups in total. The highest BCUT2D eigenvalue weighted by Crippen LogP contribution is 2.55. The molecule has 0 atom stereocenters. The maximum absolute atomic E-state index is 14.0. The van der Waals surface area contributed by atoms with Crippen molar-refractivity contribution in [1.82, 2.24) is 9.13 Å². The first-order chi connectivity index (χ1) is 33.3. The molecule has 3 nitrogen and oxygen atoms in total. The van der Waals surface area contributed by atoms with E-state index in [0.29, 0.717) is 16.8 Å². The number of aryl methyl sites for hydroxylation is 1. The van der Waals surface area contributed by atoms with Gasteiger partial charge >= 0.3 is 6.18 Å². The van der Waals surface area contributed by atoms with Gasteiger partial charge in [0.15, 0.2) is 5.69 Å². The topological polar surface area (TPSA) is 14.2 Å². The molecule has 2 aliphatic carbocycles. The van der Waals surface area contributed by atoms with Gasteiger partial charge < -0.3 is 9.13 Å². The molecule has 2 heterocycles. The van der Waals surface area contributed by atoms with E-state index in [9.17, 15) is 13.2 Å². The van der Waals surface area contributed by atoms with E-state index in [-0.39, 0.29) is 10.8 Å². The number of para-hydroxylation sites is 2. The minimum atomic E-state index is -4.47. The molecule has 0 fully saturated rings. The van der Waals surface area contributed by atoms with Gasteiger partial charge in [0.2, 0.25) is 0 Å². The van der Waals surface area contributed by atoms with Crippen molar-refractivity contribution in [2.45, 2.75) is 51.6 Å². The Kier molecular flexibility index (Phi) is 8.45. The summed E-state index contributed by atoms with van der Waals surface area (Å²) >= 11 is 0. The van der Waals surface area contributed by atoms with E-state index in [1.807, 2.05) is 18.2 Å². The van der Waals surface area contributed by atoms with Crippen LogP contribution in [0.5, 0.6) is 0 Å². The zero-order chi connectivity index (χ0) is 47.3. The maximum atomic E-state index is 14.0. The van der Waals surface area contributed by atoms with Crippen LogP contribution in [0.15, 0.2) is 176 Å². The van der Waals surface area contributed by atoms with Crippen LogP contribution in [0.4, 0.5) is 18.9 Å². The summed E-state index contributed by atoms with van der Waals surface area (Å²) in [7, 11) is 0. The average Bonchev–Trinajstić information content (AvgIpc) is 4.02. The second-order valence-corrected chi connectivity index (χ2v) is 19.9. The van der Waals surface area contributed by atoms with E-state index in [1.54, 1.807) is 13.0 Å². The van der Waals surface area contributed by atoms with Crippen LogP contribution >= 0.6 is 0 Å². The standard InChI is InChI=1S/C63H44F3N3/c1-36-33-38(63(64,65)66)24-26-40(36)37-23-30-54(69-53-22-14-10-18-46(53)58-56(69)32-28-44-42-16-8-12-20-50(42)62(4,5)60(44)58)48(34-37)47-35-39(25-29-51(47)67-6)68-52-21-13-9-17-45(52)57-55(68)31-27-43-41-15-7-11-19-49(41)61(2,3)59(43)57/h7-35H,1-5H3. The lowest BCUT2D eigenvalue weighted by Gasteiger charge is -2.23. The Bertz CT molecular complexity index is 4090. The van der Waals surface area contributed by atoms with Crippen LogP contribution < -0.4 is 0 Å². The van der Waals surface area contributed by atoms with Crippen molar-refractivity contribution in [1.29, 1.82) is 0 Å². The highest BCUT2D eigenvalue weighted by atomic mass is 19.4. The highest BCUT2D eigenvalue weighted by molar-refractivity contribution is 6.16. The van der Waals surface area contributed by atoms with Crippen molar-refractivity contribution >= 4 is 49.3 Å². The van der Waals surface area contributed by atoms with Crippen LogP contribution in [-0.2, 0) is 17.0 Å². The molecule has 332 valence electrons. The van der Waals surface area contributed by atoms with Crippen LogP contribution in [0.2, 0.25) is 0 Å². The molecule has 0 spiro atoms. The zero-order valence-corrected chi connectivity index (χ0v) is 38.7.